The van der Waals surface area contributed by atoms with E-state index in [0.717, 1.165) is 11.3 Å². The molecule has 0 spiro atoms. The first-order valence-corrected chi connectivity index (χ1v) is 6.52. The number of benzene rings is 1. The Kier molecular flexibility index (Phi) is 2.92. The summed E-state index contributed by atoms with van der Waals surface area (Å²) in [6, 6.07) is 10.1. The topological polar surface area (TPSA) is 38.0 Å². The first-order valence-electron chi connectivity index (χ1n) is 6.52. The average molecular weight is 242 g/mol. The van der Waals surface area contributed by atoms with Crippen molar-refractivity contribution >= 4 is 0 Å². The molecule has 1 heterocycles. The van der Waals surface area contributed by atoms with Crippen LogP contribution in [0, 0.1) is 0 Å². The fraction of sp³-hybridized carbons (Fsp3) is 0.400. The van der Waals surface area contributed by atoms with Gasteiger partial charge in [-0.25, -0.2) is 0 Å². The van der Waals surface area contributed by atoms with Crippen LogP contribution in [0.3, 0.4) is 0 Å². The lowest BCUT2D eigenvalue weighted by Gasteiger charge is -2.29. The zero-order valence-electron chi connectivity index (χ0n) is 10.6. The van der Waals surface area contributed by atoms with Gasteiger partial charge in [0.05, 0.1) is 5.69 Å². The van der Waals surface area contributed by atoms with E-state index in [1.165, 1.54) is 24.8 Å². The molecule has 0 aliphatic heterocycles. The van der Waals surface area contributed by atoms with Crippen LogP contribution in [0.1, 0.15) is 48.1 Å². The van der Waals surface area contributed by atoms with Crippen LogP contribution in [0.15, 0.2) is 36.5 Å². The average Bonchev–Trinajstić information content (AvgIpc) is 2.74. The Bertz CT molecular complexity index is 543. The third kappa shape index (κ3) is 1.95. The maximum atomic E-state index is 10.5. The van der Waals surface area contributed by atoms with Crippen molar-refractivity contribution in [2.45, 2.75) is 31.3 Å². The first-order chi connectivity index (χ1) is 8.75. The van der Waals surface area contributed by atoms with E-state index in [1.807, 2.05) is 31.4 Å². The lowest BCUT2D eigenvalue weighted by atomic mass is 9.77. The monoisotopic (exact) mass is 242 g/mol. The molecule has 1 aliphatic carbocycles. The molecule has 18 heavy (non-hydrogen) atoms. The normalized spacial score (nSPS) is 17.4. The number of hydrogen-bond acceptors (Lipinski definition) is 2. The summed E-state index contributed by atoms with van der Waals surface area (Å²) in [5.41, 5.74) is 3.03. The van der Waals surface area contributed by atoms with Crippen molar-refractivity contribution in [1.82, 2.24) is 9.78 Å². The fourth-order valence-electron chi connectivity index (χ4n) is 2.59. The lowest BCUT2D eigenvalue weighted by molar-refractivity contribution is 0.211. The van der Waals surface area contributed by atoms with Crippen LogP contribution in [0.4, 0.5) is 0 Å². The van der Waals surface area contributed by atoms with Crippen molar-refractivity contribution in [2.75, 3.05) is 0 Å². The maximum absolute atomic E-state index is 10.5. The van der Waals surface area contributed by atoms with Crippen LogP contribution < -0.4 is 0 Å². The highest BCUT2D eigenvalue weighted by Gasteiger charge is 2.25. The van der Waals surface area contributed by atoms with Gasteiger partial charge in [-0.15, -0.1) is 0 Å². The van der Waals surface area contributed by atoms with E-state index >= 15 is 0 Å². The van der Waals surface area contributed by atoms with Crippen molar-refractivity contribution in [1.29, 1.82) is 0 Å². The van der Waals surface area contributed by atoms with Gasteiger partial charge in [0.2, 0.25) is 0 Å². The van der Waals surface area contributed by atoms with Crippen LogP contribution in [0.5, 0.6) is 0 Å². The van der Waals surface area contributed by atoms with Crippen LogP contribution in [0.2, 0.25) is 0 Å². The minimum absolute atomic E-state index is 0.608. The summed E-state index contributed by atoms with van der Waals surface area (Å²) in [5.74, 6) is 0.625. The van der Waals surface area contributed by atoms with Crippen molar-refractivity contribution in [2.24, 2.45) is 7.05 Å². The Morgan fingerprint density at radius 3 is 2.67 bits per heavy atom. The number of aromatic nitrogens is 2. The van der Waals surface area contributed by atoms with Gasteiger partial charge in [0.25, 0.3) is 0 Å². The quantitative estimate of drug-likeness (QED) is 0.898. The van der Waals surface area contributed by atoms with E-state index in [0.29, 0.717) is 5.92 Å². The molecular weight excluding hydrogens is 224 g/mol. The second-order valence-corrected chi connectivity index (χ2v) is 5.07. The van der Waals surface area contributed by atoms with Gasteiger partial charge < -0.3 is 5.11 Å². The summed E-state index contributed by atoms with van der Waals surface area (Å²) < 4.78 is 1.73. The maximum Gasteiger partial charge on any atom is 0.123 e. The second-order valence-electron chi connectivity index (χ2n) is 5.07. The Morgan fingerprint density at radius 2 is 2.06 bits per heavy atom. The number of hydrogen-bond donors (Lipinski definition) is 1. The number of rotatable bonds is 3. The van der Waals surface area contributed by atoms with Crippen molar-refractivity contribution in [3.63, 3.8) is 0 Å². The fourth-order valence-corrected chi connectivity index (χ4v) is 2.59. The Hall–Kier alpha value is -1.61. The number of aryl methyl sites for hydroxylation is 1. The van der Waals surface area contributed by atoms with Gasteiger partial charge >= 0.3 is 0 Å². The summed E-state index contributed by atoms with van der Waals surface area (Å²) in [7, 11) is 1.87. The molecule has 2 aromatic rings. The van der Waals surface area contributed by atoms with E-state index < -0.39 is 6.10 Å². The van der Waals surface area contributed by atoms with Gasteiger partial charge in [-0.05, 0) is 36.0 Å². The Labute approximate surface area is 107 Å². The Morgan fingerprint density at radius 1 is 1.28 bits per heavy atom. The summed E-state index contributed by atoms with van der Waals surface area (Å²) in [5, 5.41) is 14.8. The van der Waals surface area contributed by atoms with Gasteiger partial charge in [0.15, 0.2) is 0 Å². The van der Waals surface area contributed by atoms with Crippen LogP contribution >= 0.6 is 0 Å². The van der Waals surface area contributed by atoms with Crippen LogP contribution in [-0.2, 0) is 7.05 Å². The third-order valence-corrected chi connectivity index (χ3v) is 3.85. The summed E-state index contributed by atoms with van der Waals surface area (Å²) in [6.07, 6.45) is 5.05. The van der Waals surface area contributed by atoms with Gasteiger partial charge in [0.1, 0.15) is 6.10 Å². The second kappa shape index (κ2) is 4.58. The highest BCUT2D eigenvalue weighted by Crippen LogP contribution is 2.40. The molecule has 1 aliphatic rings. The highest BCUT2D eigenvalue weighted by atomic mass is 16.3. The van der Waals surface area contributed by atoms with Crippen LogP contribution in [-0.4, -0.2) is 14.9 Å². The molecule has 1 aromatic heterocycles. The van der Waals surface area contributed by atoms with Crippen molar-refractivity contribution in [3.05, 3.63) is 53.3 Å². The van der Waals surface area contributed by atoms with E-state index in [2.05, 4.69) is 17.2 Å². The van der Waals surface area contributed by atoms with Gasteiger partial charge in [-0.1, -0.05) is 30.7 Å². The van der Waals surface area contributed by atoms with E-state index in [4.69, 9.17) is 0 Å². The molecule has 3 heteroatoms. The third-order valence-electron chi connectivity index (χ3n) is 3.85. The zero-order chi connectivity index (χ0) is 12.5. The molecule has 0 bridgehead atoms. The molecule has 1 N–H and O–H groups in total. The zero-order valence-corrected chi connectivity index (χ0v) is 10.6. The first kappa shape index (κ1) is 11.5. The summed E-state index contributed by atoms with van der Waals surface area (Å²) >= 11 is 0. The van der Waals surface area contributed by atoms with Crippen molar-refractivity contribution in [3.8, 4) is 0 Å². The Balaban J connectivity index is 1.95. The molecular formula is C15H18N2O. The molecule has 94 valence electrons. The number of nitrogens with zero attached hydrogens (tertiary/aromatic N) is 2. The van der Waals surface area contributed by atoms with E-state index in [-0.39, 0.29) is 0 Å². The predicted octanol–water partition coefficient (Wildman–Crippen LogP) is 2.77. The van der Waals surface area contributed by atoms with Gasteiger partial charge in [-0.2, -0.15) is 5.10 Å². The highest BCUT2D eigenvalue weighted by molar-refractivity contribution is 5.36. The predicted molar refractivity (Wildman–Crippen MR) is 70.3 cm³/mol. The molecule has 0 saturated heterocycles. The summed E-state index contributed by atoms with van der Waals surface area (Å²) in [4.78, 5) is 0. The molecule has 0 amide bonds. The number of aliphatic hydroxyl groups is 1. The molecule has 1 unspecified atom stereocenters. The summed E-state index contributed by atoms with van der Waals surface area (Å²) in [6.45, 7) is 0. The lowest BCUT2D eigenvalue weighted by Crippen LogP contribution is -2.13. The number of aliphatic hydroxyl groups excluding tert-OH is 1. The SMILES string of the molecule is Cn1ccc(C(O)c2ccccc2C2CCC2)n1. The largest absolute Gasteiger partial charge is 0.382 e. The molecule has 3 nitrogen and oxygen atoms in total. The molecule has 0 radical (unpaired) electrons. The molecule has 1 fully saturated rings. The molecule has 1 aromatic carbocycles. The smallest absolute Gasteiger partial charge is 0.123 e. The molecule has 3 rings (SSSR count). The van der Waals surface area contributed by atoms with Gasteiger partial charge in [0, 0.05) is 13.2 Å². The molecule has 1 saturated carbocycles. The minimum Gasteiger partial charge on any atom is -0.382 e. The van der Waals surface area contributed by atoms with E-state index in [1.54, 1.807) is 4.68 Å². The van der Waals surface area contributed by atoms with Gasteiger partial charge in [-0.3, -0.25) is 4.68 Å². The molecule has 1 atom stereocenters. The van der Waals surface area contributed by atoms with Crippen LogP contribution in [0.25, 0.3) is 0 Å². The van der Waals surface area contributed by atoms with Crippen molar-refractivity contribution < 1.29 is 5.11 Å². The minimum atomic E-state index is -0.608. The van der Waals surface area contributed by atoms with E-state index in [9.17, 15) is 5.11 Å². The standard InChI is InChI=1S/C15H18N2O/c1-17-10-9-14(16-17)15(18)13-8-3-2-7-12(13)11-5-4-6-11/h2-3,7-11,15,18H,4-6H2,1H3.